The van der Waals surface area contributed by atoms with Gasteiger partial charge in [0.15, 0.2) is 17.5 Å². The van der Waals surface area contributed by atoms with E-state index >= 15 is 0 Å². The Kier molecular flexibility index (Phi) is 6.94. The largest absolute Gasteiger partial charge is 0.309 e. The fraction of sp³-hybridized carbons (Fsp3) is 0.889. The Morgan fingerprint density at radius 2 is 1.75 bits per heavy atom. The number of rotatable bonds is 7. The van der Waals surface area contributed by atoms with E-state index in [9.17, 15) is 26.7 Å². The summed E-state index contributed by atoms with van der Waals surface area (Å²) in [6, 6.07) is 0. The van der Waals surface area contributed by atoms with Gasteiger partial charge in [-0.05, 0) is 6.42 Å². The number of hydrogen-bond acceptors (Lipinski definition) is 2. The number of thioether (sulfide) groups is 1. The van der Waals surface area contributed by atoms with Crippen LogP contribution in [0.5, 0.6) is 0 Å². The molecule has 16 heavy (non-hydrogen) atoms. The number of hydrogen-bond donors (Lipinski definition) is 0. The molecule has 2 atom stereocenters. The van der Waals surface area contributed by atoms with Crippen LogP contribution in [-0.2, 0) is 4.79 Å². The van der Waals surface area contributed by atoms with Crippen LogP contribution in [0.2, 0.25) is 0 Å². The van der Waals surface area contributed by atoms with Gasteiger partial charge in [-0.2, -0.15) is 0 Å². The SMILES string of the molecule is CC(=O)SCCC(F)C(F)(F)C(F)CCF. The highest BCUT2D eigenvalue weighted by atomic mass is 32.2. The van der Waals surface area contributed by atoms with Crippen molar-refractivity contribution < 1.29 is 26.7 Å². The predicted octanol–water partition coefficient (Wildman–Crippen LogP) is 3.33. The molecule has 0 aliphatic heterocycles. The van der Waals surface area contributed by atoms with Crippen molar-refractivity contribution in [1.29, 1.82) is 0 Å². The first-order valence-corrected chi connectivity index (χ1v) is 5.66. The zero-order valence-electron chi connectivity index (χ0n) is 8.69. The lowest BCUT2D eigenvalue weighted by molar-refractivity contribution is -0.130. The second-order valence-electron chi connectivity index (χ2n) is 3.22. The van der Waals surface area contributed by atoms with Crippen molar-refractivity contribution >= 4 is 16.9 Å². The number of halogens is 5. The van der Waals surface area contributed by atoms with Gasteiger partial charge in [-0.15, -0.1) is 0 Å². The van der Waals surface area contributed by atoms with Crippen molar-refractivity contribution in [3.8, 4) is 0 Å². The minimum absolute atomic E-state index is 0.144. The molecule has 96 valence electrons. The van der Waals surface area contributed by atoms with Crippen LogP contribution in [0.15, 0.2) is 0 Å². The van der Waals surface area contributed by atoms with Crippen LogP contribution >= 0.6 is 11.8 Å². The van der Waals surface area contributed by atoms with Gasteiger partial charge < -0.3 is 0 Å². The maximum absolute atomic E-state index is 13.0. The van der Waals surface area contributed by atoms with Crippen LogP contribution in [0, 0.1) is 0 Å². The lowest BCUT2D eigenvalue weighted by Crippen LogP contribution is -2.40. The number of carbonyl (C=O) groups excluding carboxylic acids is 1. The first-order chi connectivity index (χ1) is 7.32. The third-order valence-corrected chi connectivity index (χ3v) is 2.72. The molecule has 0 radical (unpaired) electrons. The first kappa shape index (κ1) is 15.7. The van der Waals surface area contributed by atoms with Gasteiger partial charge in [-0.25, -0.2) is 17.6 Å². The fourth-order valence-corrected chi connectivity index (χ4v) is 1.60. The minimum atomic E-state index is -4.19. The normalized spacial score (nSPS) is 15.9. The van der Waals surface area contributed by atoms with Gasteiger partial charge >= 0.3 is 5.92 Å². The molecule has 0 aliphatic carbocycles. The van der Waals surface area contributed by atoms with Crippen LogP contribution in [0.25, 0.3) is 0 Å². The lowest BCUT2D eigenvalue weighted by atomic mass is 10.1. The van der Waals surface area contributed by atoms with E-state index < -0.39 is 37.8 Å². The summed E-state index contributed by atoms with van der Waals surface area (Å²) in [5, 5.41) is -0.323. The zero-order valence-corrected chi connectivity index (χ0v) is 9.51. The van der Waals surface area contributed by atoms with Crippen LogP contribution in [0.3, 0.4) is 0 Å². The Morgan fingerprint density at radius 1 is 1.25 bits per heavy atom. The van der Waals surface area contributed by atoms with E-state index in [4.69, 9.17) is 0 Å². The van der Waals surface area contributed by atoms with E-state index in [1.54, 1.807) is 0 Å². The molecule has 0 aliphatic rings. The summed E-state index contributed by atoms with van der Waals surface area (Å²) in [7, 11) is 0. The predicted molar refractivity (Wildman–Crippen MR) is 53.1 cm³/mol. The van der Waals surface area contributed by atoms with Crippen molar-refractivity contribution in [2.45, 2.75) is 38.0 Å². The molecule has 7 heteroatoms. The molecule has 0 aromatic heterocycles. The monoisotopic (exact) mass is 264 g/mol. The lowest BCUT2D eigenvalue weighted by Gasteiger charge is -2.23. The van der Waals surface area contributed by atoms with Crippen molar-refractivity contribution in [3.63, 3.8) is 0 Å². The summed E-state index contributed by atoms with van der Waals surface area (Å²) >= 11 is 0.692. The highest BCUT2D eigenvalue weighted by molar-refractivity contribution is 8.13. The average molecular weight is 264 g/mol. The molecule has 1 nitrogen and oxygen atoms in total. The van der Waals surface area contributed by atoms with E-state index in [-0.39, 0.29) is 10.9 Å². The Morgan fingerprint density at radius 3 is 2.19 bits per heavy atom. The van der Waals surface area contributed by atoms with Gasteiger partial charge in [0.25, 0.3) is 0 Å². The maximum atomic E-state index is 13.0. The van der Waals surface area contributed by atoms with Crippen LogP contribution < -0.4 is 0 Å². The summed E-state index contributed by atoms with van der Waals surface area (Å²) in [5.74, 6) is -4.34. The Labute approximate surface area is 94.8 Å². The molecule has 0 heterocycles. The van der Waals surface area contributed by atoms with Gasteiger partial charge in [0.05, 0.1) is 6.67 Å². The van der Waals surface area contributed by atoms with E-state index in [0.29, 0.717) is 11.8 Å². The van der Waals surface area contributed by atoms with Crippen LogP contribution in [0.1, 0.15) is 19.8 Å². The molecule has 0 aromatic rings. The van der Waals surface area contributed by atoms with Gasteiger partial charge in [-0.3, -0.25) is 9.18 Å². The van der Waals surface area contributed by atoms with E-state index in [1.807, 2.05) is 0 Å². The number of carbonyl (C=O) groups is 1. The molecular formula is C9H13F5OS. The van der Waals surface area contributed by atoms with Crippen molar-refractivity contribution in [1.82, 2.24) is 0 Å². The fourth-order valence-electron chi connectivity index (χ4n) is 0.983. The molecule has 0 bridgehead atoms. The van der Waals surface area contributed by atoms with Gasteiger partial charge in [0.1, 0.15) is 0 Å². The molecule has 0 aromatic carbocycles. The molecule has 0 rings (SSSR count). The topological polar surface area (TPSA) is 17.1 Å². The third-order valence-electron chi connectivity index (χ3n) is 1.87. The quantitative estimate of drug-likeness (QED) is 0.656. The van der Waals surface area contributed by atoms with E-state index in [0.717, 1.165) is 0 Å². The highest BCUT2D eigenvalue weighted by Gasteiger charge is 2.47. The Bertz CT molecular complexity index is 224. The molecule has 2 unspecified atom stereocenters. The molecule has 0 saturated heterocycles. The standard InChI is InChI=1S/C9H13F5OS/c1-6(15)16-5-3-8(12)9(13,14)7(11)2-4-10/h7-8H,2-5H2,1H3. The van der Waals surface area contributed by atoms with Gasteiger partial charge in [0, 0.05) is 19.1 Å². The average Bonchev–Trinajstić information content (AvgIpc) is 2.17. The maximum Gasteiger partial charge on any atom is 0.309 e. The second-order valence-corrected chi connectivity index (χ2v) is 4.49. The van der Waals surface area contributed by atoms with E-state index in [2.05, 4.69) is 0 Å². The summed E-state index contributed by atoms with van der Waals surface area (Å²) in [6.45, 7) is -0.0389. The Hall–Kier alpha value is -0.330. The van der Waals surface area contributed by atoms with Gasteiger partial charge in [-0.1, -0.05) is 11.8 Å². The summed E-state index contributed by atoms with van der Waals surface area (Å²) in [5.41, 5.74) is 0. The summed E-state index contributed by atoms with van der Waals surface area (Å²) in [4.78, 5) is 10.4. The van der Waals surface area contributed by atoms with Crippen LogP contribution in [0.4, 0.5) is 22.0 Å². The molecule has 0 saturated carbocycles. The first-order valence-electron chi connectivity index (χ1n) is 4.67. The van der Waals surface area contributed by atoms with Crippen molar-refractivity contribution in [2.75, 3.05) is 12.4 Å². The molecule has 0 fully saturated rings. The molecular weight excluding hydrogens is 251 g/mol. The Balaban J connectivity index is 4.12. The van der Waals surface area contributed by atoms with Gasteiger partial charge in [0.2, 0.25) is 0 Å². The third kappa shape index (κ3) is 5.14. The summed E-state index contributed by atoms with van der Waals surface area (Å²) in [6.07, 6.45) is -7.17. The zero-order chi connectivity index (χ0) is 12.8. The molecule has 0 spiro atoms. The summed E-state index contributed by atoms with van der Waals surface area (Å²) < 4.78 is 63.2. The minimum Gasteiger partial charge on any atom is -0.288 e. The smallest absolute Gasteiger partial charge is 0.288 e. The molecule has 0 N–H and O–H groups in total. The van der Waals surface area contributed by atoms with E-state index in [1.165, 1.54) is 6.92 Å². The van der Waals surface area contributed by atoms with Crippen molar-refractivity contribution in [3.05, 3.63) is 0 Å². The number of alkyl halides is 5. The van der Waals surface area contributed by atoms with Crippen molar-refractivity contribution in [2.24, 2.45) is 0 Å². The second kappa shape index (κ2) is 7.09. The van der Waals surface area contributed by atoms with Crippen LogP contribution in [-0.4, -0.2) is 35.8 Å². The highest BCUT2D eigenvalue weighted by Crippen LogP contribution is 2.32. The molecule has 0 amide bonds.